The van der Waals surface area contributed by atoms with Gasteiger partial charge in [-0.05, 0) is 25.7 Å². The molecule has 2 atom stereocenters. The molecule has 0 aromatic carbocycles. The van der Waals surface area contributed by atoms with Gasteiger partial charge in [-0.15, -0.1) is 0 Å². The SMILES string of the molecule is NCCNC(=O)C1CCCN(S(=O)(=O)C2CCCOC2)C1. The number of piperidine rings is 1. The Bertz CT molecular complexity index is 448. The van der Waals surface area contributed by atoms with Crippen LogP contribution in [0.3, 0.4) is 0 Å². The number of carbonyl (C=O) groups excluding carboxylic acids is 1. The average Bonchev–Trinajstić information content (AvgIpc) is 2.53. The van der Waals surface area contributed by atoms with Gasteiger partial charge in [-0.2, -0.15) is 0 Å². The minimum Gasteiger partial charge on any atom is -0.380 e. The third-order valence-corrected chi connectivity index (χ3v) is 6.36. The highest BCUT2D eigenvalue weighted by molar-refractivity contribution is 7.89. The molecule has 21 heavy (non-hydrogen) atoms. The zero-order chi connectivity index (χ0) is 15.3. The maximum absolute atomic E-state index is 12.6. The summed E-state index contributed by atoms with van der Waals surface area (Å²) in [6, 6.07) is 0. The summed E-state index contributed by atoms with van der Waals surface area (Å²) in [4.78, 5) is 12.0. The van der Waals surface area contributed by atoms with Crippen LogP contribution in [0.5, 0.6) is 0 Å². The van der Waals surface area contributed by atoms with Crippen molar-refractivity contribution in [3.63, 3.8) is 0 Å². The van der Waals surface area contributed by atoms with Crippen molar-refractivity contribution >= 4 is 15.9 Å². The number of amides is 1. The van der Waals surface area contributed by atoms with Crippen LogP contribution in [0.15, 0.2) is 0 Å². The van der Waals surface area contributed by atoms with Crippen molar-refractivity contribution < 1.29 is 17.9 Å². The summed E-state index contributed by atoms with van der Waals surface area (Å²) < 4.78 is 32.0. The first kappa shape index (κ1) is 16.7. The average molecular weight is 319 g/mol. The Morgan fingerprint density at radius 3 is 2.81 bits per heavy atom. The van der Waals surface area contributed by atoms with E-state index in [0.29, 0.717) is 39.1 Å². The smallest absolute Gasteiger partial charge is 0.224 e. The van der Waals surface area contributed by atoms with E-state index in [0.717, 1.165) is 12.8 Å². The number of hydrogen-bond donors (Lipinski definition) is 2. The van der Waals surface area contributed by atoms with Crippen LogP contribution in [0.25, 0.3) is 0 Å². The van der Waals surface area contributed by atoms with Gasteiger partial charge in [-0.1, -0.05) is 0 Å². The highest BCUT2D eigenvalue weighted by Crippen LogP contribution is 2.24. The van der Waals surface area contributed by atoms with Crippen molar-refractivity contribution in [3.8, 4) is 0 Å². The molecule has 0 saturated carbocycles. The Hall–Kier alpha value is -0.700. The van der Waals surface area contributed by atoms with E-state index in [9.17, 15) is 13.2 Å². The monoisotopic (exact) mass is 319 g/mol. The zero-order valence-corrected chi connectivity index (χ0v) is 13.1. The molecule has 2 aliphatic heterocycles. The topological polar surface area (TPSA) is 102 Å². The maximum atomic E-state index is 12.6. The minimum absolute atomic E-state index is 0.0970. The van der Waals surface area contributed by atoms with Crippen LogP contribution in [0.1, 0.15) is 25.7 Å². The molecule has 0 aromatic rings. The van der Waals surface area contributed by atoms with Gasteiger partial charge in [0.15, 0.2) is 0 Å². The number of ether oxygens (including phenoxy) is 1. The lowest BCUT2D eigenvalue weighted by atomic mass is 9.99. The van der Waals surface area contributed by atoms with Gasteiger partial charge in [0.25, 0.3) is 0 Å². The summed E-state index contributed by atoms with van der Waals surface area (Å²) in [5.74, 6) is -0.371. The van der Waals surface area contributed by atoms with Crippen molar-refractivity contribution in [1.29, 1.82) is 0 Å². The molecule has 2 fully saturated rings. The van der Waals surface area contributed by atoms with E-state index >= 15 is 0 Å². The van der Waals surface area contributed by atoms with Gasteiger partial charge in [-0.3, -0.25) is 4.79 Å². The number of sulfonamides is 1. The molecule has 2 saturated heterocycles. The number of nitrogens with zero attached hydrogens (tertiary/aromatic N) is 1. The molecule has 0 spiro atoms. The molecule has 8 heteroatoms. The summed E-state index contributed by atoms with van der Waals surface area (Å²) in [5.41, 5.74) is 5.37. The lowest BCUT2D eigenvalue weighted by molar-refractivity contribution is -0.126. The fraction of sp³-hybridized carbons (Fsp3) is 0.923. The Labute approximate surface area is 126 Å². The van der Waals surface area contributed by atoms with Crippen molar-refractivity contribution in [2.24, 2.45) is 11.7 Å². The van der Waals surface area contributed by atoms with Crippen LogP contribution >= 0.6 is 0 Å². The fourth-order valence-electron chi connectivity index (χ4n) is 2.88. The van der Waals surface area contributed by atoms with E-state index in [2.05, 4.69) is 5.32 Å². The lowest BCUT2D eigenvalue weighted by Gasteiger charge is -2.34. The Morgan fingerprint density at radius 1 is 1.33 bits per heavy atom. The summed E-state index contributed by atoms with van der Waals surface area (Å²) in [6.45, 7) is 2.49. The van der Waals surface area contributed by atoms with Crippen molar-refractivity contribution in [2.75, 3.05) is 39.4 Å². The number of rotatable bonds is 5. The zero-order valence-electron chi connectivity index (χ0n) is 12.3. The first-order valence-electron chi connectivity index (χ1n) is 7.60. The number of nitrogens with two attached hydrogens (primary N) is 1. The molecular formula is C13H25N3O4S. The lowest BCUT2D eigenvalue weighted by Crippen LogP contribution is -2.50. The van der Waals surface area contributed by atoms with Crippen LogP contribution in [0, 0.1) is 5.92 Å². The molecule has 2 rings (SSSR count). The molecule has 0 aromatic heterocycles. The van der Waals surface area contributed by atoms with E-state index in [4.69, 9.17) is 10.5 Å². The molecule has 0 radical (unpaired) electrons. The van der Waals surface area contributed by atoms with Crippen LogP contribution in [-0.2, 0) is 19.6 Å². The third-order valence-electron chi connectivity index (χ3n) is 4.10. The van der Waals surface area contributed by atoms with Gasteiger partial charge in [0.1, 0.15) is 0 Å². The van der Waals surface area contributed by atoms with Crippen molar-refractivity contribution in [2.45, 2.75) is 30.9 Å². The van der Waals surface area contributed by atoms with Gasteiger partial charge < -0.3 is 15.8 Å². The van der Waals surface area contributed by atoms with E-state index in [-0.39, 0.29) is 25.0 Å². The third kappa shape index (κ3) is 4.15. The van der Waals surface area contributed by atoms with Crippen LogP contribution in [-0.4, -0.2) is 63.3 Å². The molecule has 122 valence electrons. The van der Waals surface area contributed by atoms with E-state index in [1.54, 1.807) is 0 Å². The quantitative estimate of drug-likeness (QED) is 0.696. The molecule has 7 nitrogen and oxygen atoms in total. The van der Waals surface area contributed by atoms with Gasteiger partial charge in [0, 0.05) is 32.8 Å². The van der Waals surface area contributed by atoms with Crippen LogP contribution < -0.4 is 11.1 Å². The number of hydrogen-bond acceptors (Lipinski definition) is 5. The summed E-state index contributed by atoms with van der Waals surface area (Å²) in [6.07, 6.45) is 2.86. The maximum Gasteiger partial charge on any atom is 0.224 e. The summed E-state index contributed by atoms with van der Waals surface area (Å²) >= 11 is 0. The van der Waals surface area contributed by atoms with Gasteiger partial charge in [0.05, 0.1) is 17.8 Å². The van der Waals surface area contributed by atoms with E-state index in [1.165, 1.54) is 4.31 Å². The fourth-order valence-corrected chi connectivity index (χ4v) is 4.81. The Morgan fingerprint density at radius 2 is 2.14 bits per heavy atom. The van der Waals surface area contributed by atoms with Gasteiger partial charge >= 0.3 is 0 Å². The highest BCUT2D eigenvalue weighted by atomic mass is 32.2. The molecular weight excluding hydrogens is 294 g/mol. The predicted octanol–water partition coefficient (Wildman–Crippen LogP) is -0.718. The van der Waals surface area contributed by atoms with Crippen molar-refractivity contribution in [3.05, 3.63) is 0 Å². The van der Waals surface area contributed by atoms with Gasteiger partial charge in [0.2, 0.25) is 15.9 Å². The summed E-state index contributed by atoms with van der Waals surface area (Å²) in [7, 11) is -3.37. The molecule has 0 bridgehead atoms. The number of carbonyl (C=O) groups is 1. The largest absolute Gasteiger partial charge is 0.380 e. The van der Waals surface area contributed by atoms with E-state index in [1.807, 2.05) is 0 Å². The second kappa shape index (κ2) is 7.53. The van der Waals surface area contributed by atoms with Gasteiger partial charge in [-0.25, -0.2) is 12.7 Å². The molecule has 3 N–H and O–H groups in total. The number of nitrogens with one attached hydrogen (secondary N) is 1. The Kier molecular flexibility index (Phi) is 5.98. The summed E-state index contributed by atoms with van der Waals surface area (Å²) in [5, 5.41) is 2.28. The molecule has 2 heterocycles. The van der Waals surface area contributed by atoms with Crippen LogP contribution in [0.2, 0.25) is 0 Å². The standard InChI is InChI=1S/C13H25N3O4S/c14-5-6-15-13(17)11-3-1-7-16(9-11)21(18,19)12-4-2-8-20-10-12/h11-12H,1-10,14H2,(H,15,17). The predicted molar refractivity (Wildman–Crippen MR) is 79.1 cm³/mol. The molecule has 2 unspecified atom stereocenters. The normalized spacial score (nSPS) is 28.2. The highest BCUT2D eigenvalue weighted by Gasteiger charge is 2.37. The second-order valence-corrected chi connectivity index (χ2v) is 7.87. The van der Waals surface area contributed by atoms with Crippen LogP contribution in [0.4, 0.5) is 0 Å². The van der Waals surface area contributed by atoms with E-state index < -0.39 is 15.3 Å². The second-order valence-electron chi connectivity index (χ2n) is 5.66. The molecule has 1 amide bonds. The minimum atomic E-state index is -3.37. The molecule has 2 aliphatic rings. The first-order valence-corrected chi connectivity index (χ1v) is 9.10. The molecule has 0 aliphatic carbocycles. The Balaban J connectivity index is 1.97. The first-order chi connectivity index (χ1) is 10.1. The van der Waals surface area contributed by atoms with Crippen molar-refractivity contribution in [1.82, 2.24) is 9.62 Å².